The van der Waals surface area contributed by atoms with Gasteiger partial charge in [-0.1, -0.05) is 24.6 Å². The molecule has 4 atom stereocenters. The van der Waals surface area contributed by atoms with Gasteiger partial charge in [-0.3, -0.25) is 0 Å². The van der Waals surface area contributed by atoms with E-state index in [9.17, 15) is 0 Å². The lowest BCUT2D eigenvalue weighted by molar-refractivity contribution is 0.290. The molecule has 0 saturated heterocycles. The van der Waals surface area contributed by atoms with Gasteiger partial charge in [0.15, 0.2) is 0 Å². The summed E-state index contributed by atoms with van der Waals surface area (Å²) in [6.45, 7) is 2.21. The van der Waals surface area contributed by atoms with Crippen LogP contribution in [-0.4, -0.2) is 18.8 Å². The van der Waals surface area contributed by atoms with Crippen LogP contribution in [0.1, 0.15) is 37.7 Å². The van der Waals surface area contributed by atoms with Crippen LogP contribution in [0.2, 0.25) is 0 Å². The van der Waals surface area contributed by atoms with Gasteiger partial charge in [0.2, 0.25) is 0 Å². The molecule has 0 amide bonds. The third-order valence-corrected chi connectivity index (χ3v) is 6.75. The Hall–Kier alpha value is -0.470. The Labute approximate surface area is 127 Å². The summed E-state index contributed by atoms with van der Waals surface area (Å²) in [6.07, 6.45) is 7.46. The van der Waals surface area contributed by atoms with Gasteiger partial charge in [-0.2, -0.15) is 0 Å². The lowest BCUT2D eigenvalue weighted by Crippen LogP contribution is -2.31. The quantitative estimate of drug-likeness (QED) is 0.774. The van der Waals surface area contributed by atoms with E-state index in [0.717, 1.165) is 17.8 Å². The van der Waals surface area contributed by atoms with Crippen molar-refractivity contribution < 1.29 is 0 Å². The Kier molecular flexibility index (Phi) is 4.72. The Morgan fingerprint density at radius 2 is 2.10 bits per heavy atom. The third-order valence-electron chi connectivity index (χ3n) is 5.41. The number of rotatable bonds is 6. The summed E-state index contributed by atoms with van der Waals surface area (Å²) < 4.78 is 0. The van der Waals surface area contributed by atoms with Crippen LogP contribution in [0.5, 0.6) is 0 Å². The second kappa shape index (κ2) is 6.53. The van der Waals surface area contributed by atoms with Crippen LogP contribution in [0.25, 0.3) is 0 Å². The van der Waals surface area contributed by atoms with Gasteiger partial charge in [0.05, 0.1) is 0 Å². The van der Waals surface area contributed by atoms with E-state index in [0.29, 0.717) is 6.04 Å². The molecular formula is C18H27NS. The highest BCUT2D eigenvalue weighted by Crippen LogP contribution is 2.50. The molecule has 1 aromatic rings. The molecule has 0 aromatic heterocycles. The average Bonchev–Trinajstić information content (AvgIpc) is 3.07. The van der Waals surface area contributed by atoms with E-state index < -0.39 is 0 Å². The lowest BCUT2D eigenvalue weighted by atomic mass is 9.84. The first kappa shape index (κ1) is 14.5. The van der Waals surface area contributed by atoms with Crippen LogP contribution in [-0.2, 0) is 0 Å². The molecule has 3 rings (SSSR count). The topological polar surface area (TPSA) is 12.0 Å². The zero-order chi connectivity index (χ0) is 13.9. The Bertz CT molecular complexity index is 445. The van der Waals surface area contributed by atoms with Gasteiger partial charge < -0.3 is 5.32 Å². The first-order chi connectivity index (χ1) is 9.76. The van der Waals surface area contributed by atoms with Gasteiger partial charge >= 0.3 is 0 Å². The van der Waals surface area contributed by atoms with Crippen molar-refractivity contribution in [1.29, 1.82) is 0 Å². The normalized spacial score (nSPS) is 29.8. The summed E-state index contributed by atoms with van der Waals surface area (Å²) in [6, 6.07) is 9.42. The second-order valence-corrected chi connectivity index (χ2v) is 7.79. The minimum atomic E-state index is 0.670. The molecule has 2 aliphatic rings. The van der Waals surface area contributed by atoms with Crippen molar-refractivity contribution in [2.45, 2.75) is 50.0 Å². The largest absolute Gasteiger partial charge is 0.316 e. The molecule has 1 nitrogen and oxygen atoms in total. The fourth-order valence-corrected chi connectivity index (χ4v) is 5.36. The zero-order valence-corrected chi connectivity index (χ0v) is 13.6. The summed E-state index contributed by atoms with van der Waals surface area (Å²) in [5, 5.41) is 3.56. The summed E-state index contributed by atoms with van der Waals surface area (Å²) in [7, 11) is 2.14. The minimum Gasteiger partial charge on any atom is -0.316 e. The van der Waals surface area contributed by atoms with E-state index in [1.807, 2.05) is 11.8 Å². The number of thioether (sulfide) groups is 1. The molecule has 1 aromatic carbocycles. The van der Waals surface area contributed by atoms with E-state index in [1.165, 1.54) is 48.3 Å². The molecule has 2 fully saturated rings. The highest BCUT2D eigenvalue weighted by Gasteiger charge is 2.39. The van der Waals surface area contributed by atoms with E-state index in [1.54, 1.807) is 0 Å². The number of nitrogens with one attached hydrogen (secondary N) is 1. The molecule has 2 heteroatoms. The summed E-state index contributed by atoms with van der Waals surface area (Å²) in [5.74, 6) is 4.34. The molecule has 20 heavy (non-hydrogen) atoms. The molecule has 2 saturated carbocycles. The van der Waals surface area contributed by atoms with Crippen LogP contribution < -0.4 is 5.32 Å². The van der Waals surface area contributed by atoms with E-state index in [2.05, 4.69) is 43.6 Å². The summed E-state index contributed by atoms with van der Waals surface area (Å²) in [5.41, 5.74) is 1.41. The fraction of sp³-hybridized carbons (Fsp3) is 0.667. The van der Waals surface area contributed by atoms with Crippen LogP contribution >= 0.6 is 11.8 Å². The summed E-state index contributed by atoms with van der Waals surface area (Å²) >= 11 is 2.02. The molecule has 4 unspecified atom stereocenters. The molecule has 0 spiro atoms. The molecule has 2 bridgehead atoms. The van der Waals surface area contributed by atoms with Gasteiger partial charge in [0.1, 0.15) is 0 Å². The number of hydrogen-bond acceptors (Lipinski definition) is 2. The molecule has 0 radical (unpaired) electrons. The van der Waals surface area contributed by atoms with E-state index in [-0.39, 0.29) is 0 Å². The van der Waals surface area contributed by atoms with Gasteiger partial charge in [-0.05, 0) is 69.0 Å². The maximum atomic E-state index is 3.56. The number of fused-ring (bicyclic) bond motifs is 2. The van der Waals surface area contributed by atoms with Gasteiger partial charge in [0, 0.05) is 16.7 Å². The number of hydrogen-bond donors (Lipinski definition) is 1. The van der Waals surface area contributed by atoms with Crippen molar-refractivity contribution in [3.8, 4) is 0 Å². The smallest absolute Gasteiger partial charge is 0.0161 e. The van der Waals surface area contributed by atoms with Crippen LogP contribution in [0.4, 0.5) is 0 Å². The van der Waals surface area contributed by atoms with Crippen molar-refractivity contribution in [1.82, 2.24) is 5.32 Å². The molecule has 0 heterocycles. The van der Waals surface area contributed by atoms with Crippen molar-refractivity contribution in [2.24, 2.45) is 17.8 Å². The maximum Gasteiger partial charge on any atom is 0.0161 e. The van der Waals surface area contributed by atoms with E-state index >= 15 is 0 Å². The van der Waals surface area contributed by atoms with Crippen molar-refractivity contribution >= 4 is 11.8 Å². The lowest BCUT2D eigenvalue weighted by Gasteiger charge is -2.26. The van der Waals surface area contributed by atoms with Crippen molar-refractivity contribution in [2.75, 3.05) is 12.8 Å². The standard InChI is InChI=1S/C18H27NS/c1-13-5-3-4-6-18(13)20-12-17(19-2)11-16-10-14-7-8-15(16)9-14/h3-6,14-17,19H,7-12H2,1-2H3. The van der Waals surface area contributed by atoms with Crippen molar-refractivity contribution in [3.63, 3.8) is 0 Å². The first-order valence-electron chi connectivity index (χ1n) is 8.12. The van der Waals surface area contributed by atoms with Gasteiger partial charge in [-0.25, -0.2) is 0 Å². The van der Waals surface area contributed by atoms with Gasteiger partial charge in [0.25, 0.3) is 0 Å². The molecule has 2 aliphatic carbocycles. The molecule has 1 N–H and O–H groups in total. The SMILES string of the molecule is CNC(CSc1ccccc1C)CC1CC2CCC1C2. The minimum absolute atomic E-state index is 0.670. The van der Waals surface area contributed by atoms with E-state index in [4.69, 9.17) is 0 Å². The van der Waals surface area contributed by atoms with Crippen molar-refractivity contribution in [3.05, 3.63) is 29.8 Å². The average molecular weight is 289 g/mol. The maximum absolute atomic E-state index is 3.56. The first-order valence-corrected chi connectivity index (χ1v) is 9.10. The number of benzene rings is 1. The van der Waals surface area contributed by atoms with Gasteiger partial charge in [-0.15, -0.1) is 11.8 Å². The highest BCUT2D eigenvalue weighted by molar-refractivity contribution is 7.99. The summed E-state index contributed by atoms with van der Waals surface area (Å²) in [4.78, 5) is 1.45. The molecular weight excluding hydrogens is 262 g/mol. The second-order valence-electron chi connectivity index (χ2n) is 6.73. The predicted molar refractivity (Wildman–Crippen MR) is 88.3 cm³/mol. The third kappa shape index (κ3) is 3.23. The van der Waals surface area contributed by atoms with Crippen LogP contribution in [0.3, 0.4) is 0 Å². The Balaban J connectivity index is 1.51. The Morgan fingerprint density at radius 1 is 1.25 bits per heavy atom. The highest BCUT2D eigenvalue weighted by atomic mass is 32.2. The van der Waals surface area contributed by atoms with Crippen LogP contribution in [0, 0.1) is 24.7 Å². The van der Waals surface area contributed by atoms with Crippen LogP contribution in [0.15, 0.2) is 29.2 Å². The monoisotopic (exact) mass is 289 g/mol. The molecule has 0 aliphatic heterocycles. The molecule has 110 valence electrons. The zero-order valence-electron chi connectivity index (χ0n) is 12.8. The Morgan fingerprint density at radius 3 is 2.75 bits per heavy atom. The predicted octanol–water partition coefficient (Wildman–Crippen LogP) is 4.50. The fourth-order valence-electron chi connectivity index (χ4n) is 4.21. The number of aryl methyl sites for hydroxylation is 1.